The summed E-state index contributed by atoms with van der Waals surface area (Å²) >= 11 is 0. The van der Waals surface area contributed by atoms with Crippen LogP contribution in [-0.4, -0.2) is 17.0 Å². The molecular formula is C15H19N3O2. The average molecular weight is 273 g/mol. The fraction of sp³-hybridized carbons (Fsp3) is 0.333. The Balaban J connectivity index is 2.21. The van der Waals surface area contributed by atoms with Gasteiger partial charge in [0.1, 0.15) is 0 Å². The molecule has 1 aromatic rings. The minimum atomic E-state index is 0.00144. The first kappa shape index (κ1) is 14.1. The molecule has 5 heteroatoms. The Hall–Kier alpha value is -2.30. The number of benzene rings is 1. The molecule has 0 radical (unpaired) electrons. The number of hydrogen-bond acceptors (Lipinski definition) is 3. The number of nitrogens with one attached hydrogen (secondary N) is 1. The third kappa shape index (κ3) is 2.66. The molecule has 1 fully saturated rings. The van der Waals surface area contributed by atoms with Crippen LogP contribution in [0.2, 0.25) is 0 Å². The summed E-state index contributed by atoms with van der Waals surface area (Å²) in [5.41, 5.74) is 8.25. The van der Waals surface area contributed by atoms with Crippen LogP contribution in [0.3, 0.4) is 0 Å². The molecule has 0 spiro atoms. The molecule has 20 heavy (non-hydrogen) atoms. The number of amides is 1. The Labute approximate surface area is 118 Å². The van der Waals surface area contributed by atoms with E-state index in [1.165, 1.54) is 0 Å². The molecule has 1 aliphatic rings. The minimum absolute atomic E-state index is 0.00144. The SMILES string of the molecule is C=CCC1CC(c2ccc(C(N)=NO)c(C)c2)NC1=O. The highest BCUT2D eigenvalue weighted by Gasteiger charge is 2.31. The van der Waals surface area contributed by atoms with E-state index >= 15 is 0 Å². The lowest BCUT2D eigenvalue weighted by Crippen LogP contribution is -2.21. The van der Waals surface area contributed by atoms with Gasteiger partial charge in [-0.1, -0.05) is 29.4 Å². The van der Waals surface area contributed by atoms with E-state index in [2.05, 4.69) is 17.1 Å². The molecular weight excluding hydrogens is 254 g/mol. The number of nitrogens with two attached hydrogens (primary N) is 1. The number of rotatable bonds is 4. The highest BCUT2D eigenvalue weighted by Crippen LogP contribution is 2.30. The Kier molecular flexibility index (Phi) is 4.08. The van der Waals surface area contributed by atoms with Crippen molar-refractivity contribution < 1.29 is 10.0 Å². The van der Waals surface area contributed by atoms with Crippen molar-refractivity contribution in [2.24, 2.45) is 16.8 Å². The highest BCUT2D eigenvalue weighted by molar-refractivity contribution is 5.98. The van der Waals surface area contributed by atoms with Gasteiger partial charge in [-0.15, -0.1) is 6.58 Å². The molecule has 0 saturated carbocycles. The second kappa shape index (κ2) is 5.77. The van der Waals surface area contributed by atoms with Crippen LogP contribution in [0.4, 0.5) is 0 Å². The van der Waals surface area contributed by atoms with E-state index in [4.69, 9.17) is 10.9 Å². The number of nitrogens with zero attached hydrogens (tertiary/aromatic N) is 1. The number of hydrogen-bond donors (Lipinski definition) is 3. The van der Waals surface area contributed by atoms with Crippen molar-refractivity contribution in [3.05, 3.63) is 47.5 Å². The zero-order valence-corrected chi connectivity index (χ0v) is 11.5. The monoisotopic (exact) mass is 273 g/mol. The van der Waals surface area contributed by atoms with Crippen molar-refractivity contribution in [2.75, 3.05) is 0 Å². The van der Waals surface area contributed by atoms with Crippen LogP contribution < -0.4 is 11.1 Å². The van der Waals surface area contributed by atoms with Gasteiger partial charge in [0.25, 0.3) is 0 Å². The largest absolute Gasteiger partial charge is 0.409 e. The zero-order valence-electron chi connectivity index (χ0n) is 11.5. The van der Waals surface area contributed by atoms with E-state index in [-0.39, 0.29) is 23.7 Å². The fourth-order valence-corrected chi connectivity index (χ4v) is 2.61. The van der Waals surface area contributed by atoms with Crippen molar-refractivity contribution in [2.45, 2.75) is 25.8 Å². The van der Waals surface area contributed by atoms with Gasteiger partial charge in [0.15, 0.2) is 5.84 Å². The normalized spacial score (nSPS) is 22.6. The quantitative estimate of drug-likeness (QED) is 0.257. The standard InChI is InChI=1S/C15H19N3O2/c1-3-4-11-8-13(17-15(11)19)10-5-6-12(9(2)7-10)14(16)18-20/h3,5-7,11,13,20H,1,4,8H2,2H3,(H2,16,18)(H,17,19). The van der Waals surface area contributed by atoms with Crippen LogP contribution in [0.5, 0.6) is 0 Å². The number of carbonyl (C=O) groups is 1. The minimum Gasteiger partial charge on any atom is -0.409 e. The molecule has 0 bridgehead atoms. The lowest BCUT2D eigenvalue weighted by Gasteiger charge is -2.13. The van der Waals surface area contributed by atoms with E-state index in [9.17, 15) is 4.79 Å². The lowest BCUT2D eigenvalue weighted by molar-refractivity contribution is -0.122. The van der Waals surface area contributed by atoms with Crippen LogP contribution >= 0.6 is 0 Å². The van der Waals surface area contributed by atoms with Gasteiger partial charge >= 0.3 is 0 Å². The van der Waals surface area contributed by atoms with Crippen LogP contribution in [0.25, 0.3) is 0 Å². The summed E-state index contributed by atoms with van der Waals surface area (Å²) in [6, 6.07) is 5.70. The van der Waals surface area contributed by atoms with Crippen molar-refractivity contribution in [1.29, 1.82) is 0 Å². The molecule has 1 heterocycles. The van der Waals surface area contributed by atoms with Crippen LogP contribution in [0, 0.1) is 12.8 Å². The molecule has 1 amide bonds. The van der Waals surface area contributed by atoms with Gasteiger partial charge in [0.05, 0.1) is 6.04 Å². The molecule has 1 aromatic carbocycles. The van der Waals surface area contributed by atoms with Crippen molar-refractivity contribution in [3.63, 3.8) is 0 Å². The zero-order chi connectivity index (χ0) is 14.7. The summed E-state index contributed by atoms with van der Waals surface area (Å²) in [5, 5.41) is 14.7. The summed E-state index contributed by atoms with van der Waals surface area (Å²) in [6.45, 7) is 5.58. The van der Waals surface area contributed by atoms with Crippen LogP contribution in [-0.2, 0) is 4.79 Å². The maximum absolute atomic E-state index is 11.8. The second-order valence-electron chi connectivity index (χ2n) is 5.08. The van der Waals surface area contributed by atoms with Crippen LogP contribution in [0.15, 0.2) is 36.0 Å². The number of oxime groups is 1. The van der Waals surface area contributed by atoms with Gasteiger partial charge in [-0.3, -0.25) is 4.79 Å². The number of carbonyl (C=O) groups excluding carboxylic acids is 1. The Morgan fingerprint density at radius 1 is 1.65 bits per heavy atom. The molecule has 4 N–H and O–H groups in total. The molecule has 0 aliphatic carbocycles. The first-order chi connectivity index (χ1) is 9.56. The Morgan fingerprint density at radius 3 is 3.00 bits per heavy atom. The predicted octanol–water partition coefficient (Wildman–Crippen LogP) is 1.84. The predicted molar refractivity (Wildman–Crippen MR) is 77.5 cm³/mol. The highest BCUT2D eigenvalue weighted by atomic mass is 16.4. The summed E-state index contributed by atoms with van der Waals surface area (Å²) in [7, 11) is 0. The first-order valence-corrected chi connectivity index (χ1v) is 6.56. The van der Waals surface area contributed by atoms with Gasteiger partial charge < -0.3 is 16.3 Å². The molecule has 1 saturated heterocycles. The molecule has 2 atom stereocenters. The van der Waals surface area contributed by atoms with Crippen molar-refractivity contribution in [3.8, 4) is 0 Å². The lowest BCUT2D eigenvalue weighted by atomic mass is 9.95. The number of amidine groups is 1. The maximum Gasteiger partial charge on any atom is 0.223 e. The fourth-order valence-electron chi connectivity index (χ4n) is 2.61. The van der Waals surface area contributed by atoms with Crippen LogP contribution in [0.1, 0.15) is 35.6 Å². The third-order valence-corrected chi connectivity index (χ3v) is 3.70. The topological polar surface area (TPSA) is 87.7 Å². The average Bonchev–Trinajstić information content (AvgIpc) is 2.80. The molecule has 2 unspecified atom stereocenters. The van der Waals surface area contributed by atoms with E-state index in [0.29, 0.717) is 12.0 Å². The Bertz CT molecular complexity index is 566. The van der Waals surface area contributed by atoms with E-state index in [1.807, 2.05) is 25.1 Å². The summed E-state index contributed by atoms with van der Waals surface area (Å²) in [6.07, 6.45) is 3.25. The molecule has 106 valence electrons. The molecule has 2 rings (SSSR count). The molecule has 0 aromatic heterocycles. The van der Waals surface area contributed by atoms with E-state index in [1.54, 1.807) is 6.08 Å². The van der Waals surface area contributed by atoms with Crippen molar-refractivity contribution in [1.82, 2.24) is 5.32 Å². The Morgan fingerprint density at radius 2 is 2.40 bits per heavy atom. The molecule has 1 aliphatic heterocycles. The van der Waals surface area contributed by atoms with E-state index in [0.717, 1.165) is 17.5 Å². The van der Waals surface area contributed by atoms with Gasteiger partial charge in [-0.25, -0.2) is 0 Å². The second-order valence-corrected chi connectivity index (χ2v) is 5.08. The smallest absolute Gasteiger partial charge is 0.223 e. The summed E-state index contributed by atoms with van der Waals surface area (Å²) < 4.78 is 0. The molecule has 5 nitrogen and oxygen atoms in total. The summed E-state index contributed by atoms with van der Waals surface area (Å²) in [4.78, 5) is 11.8. The summed E-state index contributed by atoms with van der Waals surface area (Å²) in [5.74, 6) is 0.170. The van der Waals surface area contributed by atoms with Gasteiger partial charge in [-0.2, -0.15) is 0 Å². The van der Waals surface area contributed by atoms with E-state index < -0.39 is 0 Å². The number of aryl methyl sites for hydroxylation is 1. The number of allylic oxidation sites excluding steroid dienone is 1. The van der Waals surface area contributed by atoms with Crippen molar-refractivity contribution >= 4 is 11.7 Å². The van der Waals surface area contributed by atoms with Gasteiger partial charge in [0, 0.05) is 11.5 Å². The van der Waals surface area contributed by atoms with Gasteiger partial charge in [0.2, 0.25) is 5.91 Å². The first-order valence-electron chi connectivity index (χ1n) is 6.56. The third-order valence-electron chi connectivity index (χ3n) is 3.70. The maximum atomic E-state index is 11.8. The van der Waals surface area contributed by atoms with Gasteiger partial charge in [-0.05, 0) is 30.9 Å².